The van der Waals surface area contributed by atoms with Gasteiger partial charge in [-0.15, -0.1) is 0 Å². The van der Waals surface area contributed by atoms with E-state index in [-0.39, 0.29) is 11.9 Å². The molecule has 1 unspecified atom stereocenters. The lowest BCUT2D eigenvalue weighted by Crippen LogP contribution is -2.18. The molecule has 0 radical (unpaired) electrons. The third-order valence-corrected chi connectivity index (χ3v) is 4.22. The van der Waals surface area contributed by atoms with Crippen LogP contribution in [0.4, 0.5) is 4.39 Å². The molecule has 1 aliphatic rings. The van der Waals surface area contributed by atoms with Crippen LogP contribution in [0.25, 0.3) is 0 Å². The number of benzene rings is 1. The first kappa shape index (κ1) is 13.5. The Balaban J connectivity index is 1.98. The fourth-order valence-electron chi connectivity index (χ4n) is 3.07. The highest BCUT2D eigenvalue weighted by Crippen LogP contribution is 2.32. The highest BCUT2D eigenvalue weighted by Gasteiger charge is 2.19. The smallest absolute Gasteiger partial charge is 0.128 e. The van der Waals surface area contributed by atoms with E-state index in [4.69, 9.17) is 0 Å². The normalized spacial score (nSPS) is 18.2. The Morgan fingerprint density at radius 1 is 1.33 bits per heavy atom. The van der Waals surface area contributed by atoms with E-state index in [0.717, 1.165) is 23.5 Å². The molecule has 18 heavy (non-hydrogen) atoms. The molecular weight excluding hydrogens is 225 g/mol. The topological polar surface area (TPSA) is 12.0 Å². The van der Waals surface area contributed by atoms with Crippen molar-refractivity contribution in [3.8, 4) is 0 Å². The molecule has 0 aliphatic heterocycles. The van der Waals surface area contributed by atoms with Crippen LogP contribution in [0.15, 0.2) is 18.2 Å². The van der Waals surface area contributed by atoms with Crippen LogP contribution in [0.2, 0.25) is 0 Å². The molecule has 0 bridgehead atoms. The number of rotatable bonds is 5. The summed E-state index contributed by atoms with van der Waals surface area (Å²) in [6.45, 7) is 1.93. The molecule has 0 heterocycles. The molecule has 1 aromatic carbocycles. The van der Waals surface area contributed by atoms with Crippen molar-refractivity contribution in [1.82, 2.24) is 5.32 Å². The highest BCUT2D eigenvalue weighted by molar-refractivity contribution is 5.26. The molecule has 1 aliphatic carbocycles. The lowest BCUT2D eigenvalue weighted by atomic mass is 9.94. The molecule has 0 aromatic heterocycles. The van der Waals surface area contributed by atoms with Crippen LogP contribution in [0.3, 0.4) is 0 Å². The number of halogens is 1. The first-order valence-electron chi connectivity index (χ1n) is 7.14. The van der Waals surface area contributed by atoms with Crippen LogP contribution in [-0.2, 0) is 0 Å². The maximum absolute atomic E-state index is 13.9. The first-order valence-corrected chi connectivity index (χ1v) is 7.14. The van der Waals surface area contributed by atoms with Crippen molar-refractivity contribution in [3.63, 3.8) is 0 Å². The maximum atomic E-state index is 13.9. The van der Waals surface area contributed by atoms with Gasteiger partial charge in [0.05, 0.1) is 0 Å². The van der Waals surface area contributed by atoms with Crippen molar-refractivity contribution in [2.75, 3.05) is 7.05 Å². The van der Waals surface area contributed by atoms with Crippen molar-refractivity contribution in [1.29, 1.82) is 0 Å². The molecule has 0 spiro atoms. The van der Waals surface area contributed by atoms with E-state index in [0.29, 0.717) is 0 Å². The van der Waals surface area contributed by atoms with Crippen LogP contribution in [0.1, 0.15) is 55.7 Å². The Hall–Kier alpha value is -0.890. The largest absolute Gasteiger partial charge is 0.313 e. The summed E-state index contributed by atoms with van der Waals surface area (Å²) in [6, 6.07) is 5.72. The van der Waals surface area contributed by atoms with Gasteiger partial charge in [0.25, 0.3) is 0 Å². The van der Waals surface area contributed by atoms with Gasteiger partial charge in [-0.25, -0.2) is 4.39 Å². The predicted molar refractivity (Wildman–Crippen MR) is 74.1 cm³/mol. The summed E-state index contributed by atoms with van der Waals surface area (Å²) in [5.41, 5.74) is 1.81. The second kappa shape index (κ2) is 6.33. The monoisotopic (exact) mass is 249 g/mol. The van der Waals surface area contributed by atoms with Crippen LogP contribution < -0.4 is 5.32 Å². The molecule has 100 valence electrons. The van der Waals surface area contributed by atoms with Gasteiger partial charge < -0.3 is 5.32 Å². The Morgan fingerprint density at radius 2 is 2.06 bits per heavy atom. The second-order valence-corrected chi connectivity index (χ2v) is 5.59. The fraction of sp³-hybridized carbons (Fsp3) is 0.625. The molecule has 1 atom stereocenters. The zero-order chi connectivity index (χ0) is 13.0. The Kier molecular flexibility index (Phi) is 4.76. The molecule has 1 N–H and O–H groups in total. The van der Waals surface area contributed by atoms with Crippen LogP contribution in [0, 0.1) is 18.7 Å². The van der Waals surface area contributed by atoms with E-state index in [2.05, 4.69) is 5.32 Å². The summed E-state index contributed by atoms with van der Waals surface area (Å²) in [5.74, 6) is 0.801. The lowest BCUT2D eigenvalue weighted by Gasteiger charge is -2.19. The van der Waals surface area contributed by atoms with Gasteiger partial charge >= 0.3 is 0 Å². The standard InChI is InChI=1S/C16H24FN/c1-12-7-9-14(15(17)11-12)16(18-2)10-8-13-5-3-4-6-13/h7,9,11,13,16,18H,3-6,8,10H2,1-2H3. The average Bonchev–Trinajstić information content (AvgIpc) is 2.85. The molecule has 2 rings (SSSR count). The van der Waals surface area contributed by atoms with E-state index >= 15 is 0 Å². The van der Waals surface area contributed by atoms with E-state index in [1.807, 2.05) is 26.1 Å². The SMILES string of the molecule is CNC(CCC1CCCC1)c1ccc(C)cc1F. The first-order chi connectivity index (χ1) is 8.70. The predicted octanol–water partition coefficient (Wildman–Crippen LogP) is 4.37. The molecule has 1 saturated carbocycles. The summed E-state index contributed by atoms with van der Waals surface area (Å²) in [5, 5.41) is 3.26. The minimum Gasteiger partial charge on any atom is -0.313 e. The van der Waals surface area contributed by atoms with Crippen molar-refractivity contribution >= 4 is 0 Å². The Morgan fingerprint density at radius 3 is 2.67 bits per heavy atom. The van der Waals surface area contributed by atoms with E-state index < -0.39 is 0 Å². The summed E-state index contributed by atoms with van der Waals surface area (Å²) < 4.78 is 13.9. The van der Waals surface area contributed by atoms with Crippen molar-refractivity contribution in [2.45, 2.75) is 51.5 Å². The van der Waals surface area contributed by atoms with Crippen molar-refractivity contribution in [3.05, 3.63) is 35.1 Å². The second-order valence-electron chi connectivity index (χ2n) is 5.59. The summed E-state index contributed by atoms with van der Waals surface area (Å²) in [6.07, 6.45) is 7.77. The zero-order valence-corrected chi connectivity index (χ0v) is 11.5. The Bertz CT molecular complexity index is 383. The third kappa shape index (κ3) is 3.32. The number of hydrogen-bond donors (Lipinski definition) is 1. The van der Waals surface area contributed by atoms with Crippen LogP contribution in [0.5, 0.6) is 0 Å². The van der Waals surface area contributed by atoms with Crippen molar-refractivity contribution < 1.29 is 4.39 Å². The van der Waals surface area contributed by atoms with E-state index in [1.54, 1.807) is 6.07 Å². The van der Waals surface area contributed by atoms with Gasteiger partial charge in [-0.2, -0.15) is 0 Å². The maximum Gasteiger partial charge on any atom is 0.128 e. The number of hydrogen-bond acceptors (Lipinski definition) is 1. The van der Waals surface area contributed by atoms with Gasteiger partial charge in [-0.1, -0.05) is 37.8 Å². The van der Waals surface area contributed by atoms with Gasteiger partial charge in [0.15, 0.2) is 0 Å². The molecule has 1 nitrogen and oxygen atoms in total. The summed E-state index contributed by atoms with van der Waals surface area (Å²) in [4.78, 5) is 0. The quantitative estimate of drug-likeness (QED) is 0.817. The lowest BCUT2D eigenvalue weighted by molar-refractivity contribution is 0.418. The van der Waals surface area contributed by atoms with Gasteiger partial charge in [0.1, 0.15) is 5.82 Å². The molecule has 0 amide bonds. The fourth-order valence-corrected chi connectivity index (χ4v) is 3.07. The van der Waals surface area contributed by atoms with E-state index in [9.17, 15) is 4.39 Å². The molecule has 1 fully saturated rings. The average molecular weight is 249 g/mol. The number of aryl methyl sites for hydroxylation is 1. The molecule has 0 saturated heterocycles. The molecule has 2 heteroatoms. The highest BCUT2D eigenvalue weighted by atomic mass is 19.1. The third-order valence-electron chi connectivity index (χ3n) is 4.22. The van der Waals surface area contributed by atoms with Gasteiger partial charge in [0, 0.05) is 11.6 Å². The van der Waals surface area contributed by atoms with Crippen molar-refractivity contribution in [2.24, 2.45) is 5.92 Å². The molecule has 1 aromatic rings. The van der Waals surface area contributed by atoms with E-state index in [1.165, 1.54) is 32.1 Å². The Labute approximate surface area is 110 Å². The zero-order valence-electron chi connectivity index (χ0n) is 11.5. The molecular formula is C16H24FN. The summed E-state index contributed by atoms with van der Waals surface area (Å²) >= 11 is 0. The van der Waals surface area contributed by atoms with Crippen LogP contribution in [-0.4, -0.2) is 7.05 Å². The van der Waals surface area contributed by atoms with Gasteiger partial charge in [-0.05, 0) is 44.4 Å². The summed E-state index contributed by atoms with van der Waals surface area (Å²) in [7, 11) is 1.93. The van der Waals surface area contributed by atoms with Gasteiger partial charge in [0.2, 0.25) is 0 Å². The minimum absolute atomic E-state index is 0.0687. The minimum atomic E-state index is -0.0687. The number of nitrogens with one attached hydrogen (secondary N) is 1. The van der Waals surface area contributed by atoms with Gasteiger partial charge in [-0.3, -0.25) is 0 Å². The van der Waals surface area contributed by atoms with Crippen LogP contribution >= 0.6 is 0 Å².